The highest BCUT2D eigenvalue weighted by molar-refractivity contribution is 7.09. The lowest BCUT2D eigenvalue weighted by molar-refractivity contribution is -0.907. The molecule has 0 spiro atoms. The summed E-state index contributed by atoms with van der Waals surface area (Å²) in [7, 11) is 2.05. The van der Waals surface area contributed by atoms with E-state index in [0.29, 0.717) is 0 Å². The summed E-state index contributed by atoms with van der Waals surface area (Å²) >= 11 is 1.73. The van der Waals surface area contributed by atoms with Crippen LogP contribution in [-0.2, 0) is 11.3 Å². The molecule has 0 bridgehead atoms. The summed E-state index contributed by atoms with van der Waals surface area (Å²) in [5, 5.41) is 5.01. The Morgan fingerprint density at radius 1 is 1.26 bits per heavy atom. The Labute approximate surface area is 117 Å². The van der Waals surface area contributed by atoms with Crippen LogP contribution in [0.1, 0.15) is 11.8 Å². The van der Waals surface area contributed by atoms with E-state index in [2.05, 4.69) is 23.8 Å². The molecule has 0 radical (unpaired) electrons. The minimum Gasteiger partial charge on any atom is -0.323 e. The lowest BCUT2D eigenvalue weighted by Gasteiger charge is -2.20. The van der Waals surface area contributed by atoms with Crippen molar-refractivity contribution in [3.63, 3.8) is 0 Å². The van der Waals surface area contributed by atoms with E-state index in [9.17, 15) is 4.79 Å². The molecule has 19 heavy (non-hydrogen) atoms. The van der Waals surface area contributed by atoms with Crippen LogP contribution in [0.2, 0.25) is 0 Å². The van der Waals surface area contributed by atoms with Crippen LogP contribution in [-0.4, -0.2) is 19.0 Å². The Morgan fingerprint density at radius 2 is 2.00 bits per heavy atom. The van der Waals surface area contributed by atoms with E-state index in [4.69, 9.17) is 0 Å². The second kappa shape index (κ2) is 6.50. The van der Waals surface area contributed by atoms with E-state index >= 15 is 0 Å². The molecule has 0 saturated carbocycles. The summed E-state index contributed by atoms with van der Waals surface area (Å²) in [6.07, 6.45) is 0. The van der Waals surface area contributed by atoms with Crippen LogP contribution in [0.3, 0.4) is 0 Å². The predicted octanol–water partition coefficient (Wildman–Crippen LogP) is 1.79. The van der Waals surface area contributed by atoms with Crippen LogP contribution in [0.15, 0.2) is 47.8 Å². The van der Waals surface area contributed by atoms with Crippen LogP contribution in [0.25, 0.3) is 0 Å². The fourth-order valence-electron chi connectivity index (χ4n) is 1.84. The summed E-state index contributed by atoms with van der Waals surface area (Å²) in [5.74, 6) is 0.0558. The molecule has 2 rings (SSSR count). The van der Waals surface area contributed by atoms with Crippen LogP contribution in [0, 0.1) is 0 Å². The zero-order valence-electron chi connectivity index (χ0n) is 11.2. The van der Waals surface area contributed by atoms with Crippen LogP contribution in [0.4, 0.5) is 5.69 Å². The van der Waals surface area contributed by atoms with Gasteiger partial charge in [0.2, 0.25) is 0 Å². The first-order chi connectivity index (χ1) is 9.16. The lowest BCUT2D eigenvalue weighted by Crippen LogP contribution is -3.12. The van der Waals surface area contributed by atoms with Crippen molar-refractivity contribution in [3.05, 3.63) is 52.7 Å². The standard InChI is InChI=1S/C15H18N2OS/c1-12(17(2)11-14-9-6-10-19-14)15(18)16-13-7-4-3-5-8-13/h3-10,12H,11H2,1-2H3,(H,16,18)/p+1/t12-/m0/s1. The normalized spacial score (nSPS) is 13.8. The molecule has 2 N–H and O–H groups in total. The van der Waals surface area contributed by atoms with Crippen molar-refractivity contribution < 1.29 is 9.69 Å². The zero-order chi connectivity index (χ0) is 13.7. The number of amides is 1. The molecule has 1 unspecified atom stereocenters. The van der Waals surface area contributed by atoms with Gasteiger partial charge >= 0.3 is 0 Å². The number of benzene rings is 1. The predicted molar refractivity (Wildman–Crippen MR) is 79.4 cm³/mol. The number of carbonyl (C=O) groups is 1. The fourth-order valence-corrected chi connectivity index (χ4v) is 2.64. The molecule has 4 heteroatoms. The molecule has 0 aliphatic rings. The average Bonchev–Trinajstić information content (AvgIpc) is 2.91. The third-order valence-corrected chi connectivity index (χ3v) is 4.08. The van der Waals surface area contributed by atoms with Crippen molar-refractivity contribution in [2.24, 2.45) is 0 Å². The zero-order valence-corrected chi connectivity index (χ0v) is 12.0. The topological polar surface area (TPSA) is 33.5 Å². The summed E-state index contributed by atoms with van der Waals surface area (Å²) in [4.78, 5) is 14.6. The van der Waals surface area contributed by atoms with Crippen LogP contribution < -0.4 is 10.2 Å². The fraction of sp³-hybridized carbons (Fsp3) is 0.267. The van der Waals surface area contributed by atoms with Gasteiger partial charge < -0.3 is 10.2 Å². The molecule has 2 atom stereocenters. The van der Waals surface area contributed by atoms with E-state index in [1.165, 1.54) is 9.78 Å². The lowest BCUT2D eigenvalue weighted by atomic mass is 10.2. The van der Waals surface area contributed by atoms with Gasteiger partial charge in [-0.25, -0.2) is 0 Å². The Kier molecular flexibility index (Phi) is 4.71. The number of carbonyl (C=O) groups excluding carboxylic acids is 1. The maximum Gasteiger partial charge on any atom is 0.282 e. The number of anilines is 1. The van der Waals surface area contributed by atoms with Gasteiger partial charge in [0.1, 0.15) is 6.54 Å². The van der Waals surface area contributed by atoms with Crippen molar-refractivity contribution >= 4 is 22.9 Å². The maximum absolute atomic E-state index is 12.2. The SMILES string of the molecule is C[C@@H](C(=O)Nc1ccccc1)[NH+](C)Cc1cccs1. The monoisotopic (exact) mass is 275 g/mol. The van der Waals surface area contributed by atoms with E-state index in [1.54, 1.807) is 11.3 Å². The van der Waals surface area contributed by atoms with Crippen LogP contribution >= 0.6 is 11.3 Å². The smallest absolute Gasteiger partial charge is 0.282 e. The second-order valence-electron chi connectivity index (χ2n) is 4.68. The maximum atomic E-state index is 12.2. The molecule has 1 aromatic carbocycles. The Balaban J connectivity index is 1.91. The number of thiophene rings is 1. The van der Waals surface area contributed by atoms with Gasteiger partial charge in [0.15, 0.2) is 6.04 Å². The Morgan fingerprint density at radius 3 is 2.63 bits per heavy atom. The molecular formula is C15H19N2OS+. The Hall–Kier alpha value is -1.65. The third kappa shape index (κ3) is 3.91. The van der Waals surface area contributed by atoms with Gasteiger partial charge in [-0.1, -0.05) is 24.3 Å². The van der Waals surface area contributed by atoms with Crippen molar-refractivity contribution in [2.75, 3.05) is 12.4 Å². The third-order valence-electron chi connectivity index (χ3n) is 3.21. The van der Waals surface area contributed by atoms with E-state index in [0.717, 1.165) is 12.2 Å². The summed E-state index contributed by atoms with van der Waals surface area (Å²) in [5.41, 5.74) is 0.850. The van der Waals surface area contributed by atoms with Gasteiger partial charge in [-0.3, -0.25) is 4.79 Å². The van der Waals surface area contributed by atoms with Gasteiger partial charge in [0.05, 0.1) is 11.9 Å². The van der Waals surface area contributed by atoms with Crippen molar-refractivity contribution in [1.29, 1.82) is 0 Å². The number of likely N-dealkylation sites (N-methyl/N-ethyl adjacent to an activating group) is 1. The Bertz CT molecular complexity index is 510. The molecule has 3 nitrogen and oxygen atoms in total. The minimum absolute atomic E-state index is 0.0558. The van der Waals surface area contributed by atoms with Gasteiger partial charge in [0.25, 0.3) is 5.91 Å². The van der Waals surface area contributed by atoms with E-state index in [-0.39, 0.29) is 11.9 Å². The highest BCUT2D eigenvalue weighted by Gasteiger charge is 2.22. The largest absolute Gasteiger partial charge is 0.323 e. The van der Waals surface area contributed by atoms with Gasteiger partial charge in [0, 0.05) is 5.69 Å². The first-order valence-corrected chi connectivity index (χ1v) is 7.25. The highest BCUT2D eigenvalue weighted by atomic mass is 32.1. The first kappa shape index (κ1) is 13.8. The molecule has 1 heterocycles. The minimum atomic E-state index is -0.0812. The summed E-state index contributed by atoms with van der Waals surface area (Å²) < 4.78 is 0. The van der Waals surface area contributed by atoms with E-state index < -0.39 is 0 Å². The molecule has 100 valence electrons. The molecule has 0 saturated heterocycles. The van der Waals surface area contributed by atoms with Gasteiger partial charge in [-0.15, -0.1) is 11.3 Å². The molecule has 0 aliphatic heterocycles. The van der Waals surface area contributed by atoms with Gasteiger partial charge in [-0.05, 0) is 30.5 Å². The van der Waals surface area contributed by atoms with Crippen molar-refractivity contribution in [1.82, 2.24) is 0 Å². The number of quaternary nitrogens is 1. The van der Waals surface area contributed by atoms with Gasteiger partial charge in [-0.2, -0.15) is 0 Å². The number of para-hydroxylation sites is 1. The quantitative estimate of drug-likeness (QED) is 0.857. The molecule has 1 amide bonds. The molecular weight excluding hydrogens is 256 g/mol. The molecule has 1 aromatic heterocycles. The van der Waals surface area contributed by atoms with Crippen LogP contribution in [0.5, 0.6) is 0 Å². The average molecular weight is 275 g/mol. The number of hydrogen-bond acceptors (Lipinski definition) is 2. The summed E-state index contributed by atoms with van der Waals surface area (Å²) in [6, 6.07) is 13.6. The molecule has 0 fully saturated rings. The van der Waals surface area contributed by atoms with Crippen molar-refractivity contribution in [2.45, 2.75) is 19.5 Å². The summed E-state index contributed by atoms with van der Waals surface area (Å²) in [6.45, 7) is 2.84. The number of rotatable bonds is 5. The van der Waals surface area contributed by atoms with Crippen molar-refractivity contribution in [3.8, 4) is 0 Å². The second-order valence-corrected chi connectivity index (χ2v) is 5.71. The van der Waals surface area contributed by atoms with E-state index in [1.807, 2.05) is 43.3 Å². The number of hydrogen-bond donors (Lipinski definition) is 2. The first-order valence-electron chi connectivity index (χ1n) is 6.37. The highest BCUT2D eigenvalue weighted by Crippen LogP contribution is 2.07. The number of nitrogens with one attached hydrogen (secondary N) is 2. The molecule has 2 aromatic rings. The molecule has 0 aliphatic carbocycles.